The fourth-order valence-electron chi connectivity index (χ4n) is 1.58. The molecule has 0 atom stereocenters. The number of H-pyrrole nitrogens is 1. The molecule has 6 heteroatoms. The number of hydrogen-bond acceptors (Lipinski definition) is 2. The molecule has 0 aliphatic heterocycles. The van der Waals surface area contributed by atoms with Gasteiger partial charge >= 0.3 is 6.18 Å². The van der Waals surface area contributed by atoms with Crippen molar-refractivity contribution in [3.05, 3.63) is 23.3 Å². The number of aromatic amines is 1. The van der Waals surface area contributed by atoms with E-state index in [0.29, 0.717) is 5.16 Å². The quantitative estimate of drug-likeness (QED) is 0.849. The number of rotatable bonds is 3. The Morgan fingerprint density at radius 3 is 2.56 bits per heavy atom. The van der Waals surface area contributed by atoms with Gasteiger partial charge in [-0.1, -0.05) is 11.8 Å². The molecule has 98 valence electrons. The molecule has 0 saturated carbocycles. The molecule has 0 aliphatic carbocycles. The second-order valence-electron chi connectivity index (χ2n) is 4.21. The van der Waals surface area contributed by atoms with Crippen molar-refractivity contribution in [2.24, 2.45) is 0 Å². The molecule has 1 aromatic heterocycles. The van der Waals surface area contributed by atoms with Crippen molar-refractivity contribution < 1.29 is 13.2 Å². The minimum Gasteiger partial charge on any atom is -0.333 e. The highest BCUT2D eigenvalue weighted by Crippen LogP contribution is 2.26. The second-order valence-corrected chi connectivity index (χ2v) is 5.29. The number of hydrogen-bond donors (Lipinski definition) is 1. The third-order valence-electron chi connectivity index (χ3n) is 2.70. The lowest BCUT2D eigenvalue weighted by molar-refractivity contribution is -0.129. The van der Waals surface area contributed by atoms with E-state index in [0.717, 1.165) is 33.9 Å². The van der Waals surface area contributed by atoms with Gasteiger partial charge < -0.3 is 4.98 Å². The largest absolute Gasteiger partial charge is 0.389 e. The normalized spacial score (nSPS) is 12.3. The molecule has 0 amide bonds. The van der Waals surface area contributed by atoms with E-state index in [1.165, 1.54) is 0 Å². The molecule has 0 unspecified atom stereocenters. The van der Waals surface area contributed by atoms with Crippen LogP contribution in [0.3, 0.4) is 0 Å². The minimum atomic E-state index is -4.10. The molecule has 1 N–H and O–H groups in total. The first-order valence-corrected chi connectivity index (χ1v) is 6.50. The maximum Gasteiger partial charge on any atom is 0.389 e. The molecule has 2 aromatic rings. The first-order chi connectivity index (χ1) is 8.35. The van der Waals surface area contributed by atoms with Gasteiger partial charge in [-0.2, -0.15) is 13.2 Å². The first kappa shape index (κ1) is 13.3. The summed E-state index contributed by atoms with van der Waals surface area (Å²) in [6.45, 7) is 3.98. The summed E-state index contributed by atoms with van der Waals surface area (Å²) in [5, 5.41) is 0.541. The zero-order chi connectivity index (χ0) is 13.3. The van der Waals surface area contributed by atoms with Crippen LogP contribution in [-0.2, 0) is 0 Å². The highest BCUT2D eigenvalue weighted by Gasteiger charge is 2.26. The Morgan fingerprint density at radius 1 is 1.22 bits per heavy atom. The Morgan fingerprint density at radius 2 is 1.89 bits per heavy atom. The van der Waals surface area contributed by atoms with Crippen molar-refractivity contribution in [1.29, 1.82) is 0 Å². The monoisotopic (exact) mass is 274 g/mol. The Kier molecular flexibility index (Phi) is 3.56. The first-order valence-electron chi connectivity index (χ1n) is 5.52. The lowest BCUT2D eigenvalue weighted by Crippen LogP contribution is -2.08. The van der Waals surface area contributed by atoms with E-state index in [-0.39, 0.29) is 5.75 Å². The summed E-state index contributed by atoms with van der Waals surface area (Å²) >= 11 is 1.10. The maximum absolute atomic E-state index is 12.0. The summed E-state index contributed by atoms with van der Waals surface area (Å²) in [7, 11) is 0. The van der Waals surface area contributed by atoms with Crippen molar-refractivity contribution in [2.75, 3.05) is 5.75 Å². The molecule has 0 saturated heterocycles. The average Bonchev–Trinajstić information content (AvgIpc) is 2.58. The van der Waals surface area contributed by atoms with Crippen molar-refractivity contribution in [3.63, 3.8) is 0 Å². The van der Waals surface area contributed by atoms with Crippen LogP contribution in [0.15, 0.2) is 17.3 Å². The fourth-order valence-corrected chi connectivity index (χ4v) is 2.45. The summed E-state index contributed by atoms with van der Waals surface area (Å²) in [4.78, 5) is 7.31. The number of thioether (sulfide) groups is 1. The lowest BCUT2D eigenvalue weighted by atomic mass is 10.1. The molecule has 0 bridgehead atoms. The van der Waals surface area contributed by atoms with Crippen LogP contribution in [0.25, 0.3) is 11.0 Å². The van der Waals surface area contributed by atoms with E-state index in [4.69, 9.17) is 0 Å². The van der Waals surface area contributed by atoms with E-state index >= 15 is 0 Å². The van der Waals surface area contributed by atoms with Gasteiger partial charge in [0.15, 0.2) is 5.16 Å². The molecule has 0 aliphatic rings. The van der Waals surface area contributed by atoms with Gasteiger partial charge in [0, 0.05) is 5.75 Å². The van der Waals surface area contributed by atoms with Gasteiger partial charge in [0.1, 0.15) is 0 Å². The molecule has 1 heterocycles. The summed E-state index contributed by atoms with van der Waals surface area (Å²) < 4.78 is 36.1. The van der Waals surface area contributed by atoms with E-state index in [9.17, 15) is 13.2 Å². The molecule has 0 spiro atoms. The SMILES string of the molecule is Cc1cc2nc(SCCC(F)(F)F)[nH]c2cc1C. The van der Waals surface area contributed by atoms with Crippen LogP contribution in [0.2, 0.25) is 0 Å². The topological polar surface area (TPSA) is 28.7 Å². The van der Waals surface area contributed by atoms with Crippen LogP contribution < -0.4 is 0 Å². The van der Waals surface area contributed by atoms with Gasteiger partial charge in [-0.3, -0.25) is 0 Å². The predicted octanol–water partition coefficient (Wildman–Crippen LogP) is 4.22. The van der Waals surface area contributed by atoms with Gasteiger partial charge in [0.05, 0.1) is 17.5 Å². The van der Waals surface area contributed by atoms with Crippen LogP contribution in [0.4, 0.5) is 13.2 Å². The van der Waals surface area contributed by atoms with E-state index < -0.39 is 12.6 Å². The highest BCUT2D eigenvalue weighted by molar-refractivity contribution is 7.99. The Hall–Kier alpha value is -1.17. The third-order valence-corrected chi connectivity index (χ3v) is 3.57. The maximum atomic E-state index is 12.0. The molecule has 2 rings (SSSR count). The molecule has 2 nitrogen and oxygen atoms in total. The standard InChI is InChI=1S/C12H13F3N2S/c1-7-5-9-10(6-8(7)2)17-11(16-9)18-4-3-12(13,14)15/h5-6H,3-4H2,1-2H3,(H,16,17). The average molecular weight is 274 g/mol. The fraction of sp³-hybridized carbons (Fsp3) is 0.417. The molecule has 0 radical (unpaired) electrons. The van der Waals surface area contributed by atoms with Crippen molar-refractivity contribution in [3.8, 4) is 0 Å². The molecular weight excluding hydrogens is 261 g/mol. The van der Waals surface area contributed by atoms with Crippen molar-refractivity contribution >= 4 is 22.8 Å². The lowest BCUT2D eigenvalue weighted by Gasteiger charge is -2.03. The number of halogens is 3. The number of nitrogens with one attached hydrogen (secondary N) is 1. The zero-order valence-electron chi connectivity index (χ0n) is 10.1. The third kappa shape index (κ3) is 3.19. The van der Waals surface area contributed by atoms with Crippen LogP contribution in [0.1, 0.15) is 17.5 Å². The smallest absolute Gasteiger partial charge is 0.333 e. The van der Waals surface area contributed by atoms with Crippen LogP contribution in [-0.4, -0.2) is 21.9 Å². The number of imidazole rings is 1. The molecular formula is C12H13F3N2S. The van der Waals surface area contributed by atoms with E-state index in [1.54, 1.807) is 0 Å². The number of alkyl halides is 3. The number of nitrogens with zero attached hydrogens (tertiary/aromatic N) is 1. The number of fused-ring (bicyclic) bond motifs is 1. The molecule has 1 aromatic carbocycles. The van der Waals surface area contributed by atoms with Gasteiger partial charge in [-0.25, -0.2) is 4.98 Å². The summed E-state index contributed by atoms with van der Waals surface area (Å²) in [6.07, 6.45) is -4.90. The predicted molar refractivity (Wildman–Crippen MR) is 67.0 cm³/mol. The van der Waals surface area contributed by atoms with Gasteiger partial charge in [0.2, 0.25) is 0 Å². The molecule has 0 fully saturated rings. The Labute approximate surface area is 107 Å². The van der Waals surface area contributed by atoms with Gasteiger partial charge in [-0.15, -0.1) is 0 Å². The van der Waals surface area contributed by atoms with E-state index in [1.807, 2.05) is 26.0 Å². The Bertz CT molecular complexity index is 521. The second kappa shape index (κ2) is 4.84. The summed E-state index contributed by atoms with van der Waals surface area (Å²) in [6, 6.07) is 3.90. The number of benzene rings is 1. The van der Waals surface area contributed by atoms with Gasteiger partial charge in [0.25, 0.3) is 0 Å². The minimum absolute atomic E-state index is 0.0126. The zero-order valence-corrected chi connectivity index (χ0v) is 10.9. The number of aromatic nitrogens is 2. The van der Waals surface area contributed by atoms with Crippen molar-refractivity contribution in [2.45, 2.75) is 31.6 Å². The highest BCUT2D eigenvalue weighted by atomic mass is 32.2. The van der Waals surface area contributed by atoms with Crippen LogP contribution >= 0.6 is 11.8 Å². The number of aryl methyl sites for hydroxylation is 2. The van der Waals surface area contributed by atoms with Crippen molar-refractivity contribution in [1.82, 2.24) is 9.97 Å². The van der Waals surface area contributed by atoms with E-state index in [2.05, 4.69) is 9.97 Å². The summed E-state index contributed by atoms with van der Waals surface area (Å²) in [5.41, 5.74) is 3.93. The summed E-state index contributed by atoms with van der Waals surface area (Å²) in [5.74, 6) is -0.0126. The van der Waals surface area contributed by atoms with Crippen LogP contribution in [0.5, 0.6) is 0 Å². The van der Waals surface area contributed by atoms with Crippen LogP contribution in [0, 0.1) is 13.8 Å². The van der Waals surface area contributed by atoms with Gasteiger partial charge in [-0.05, 0) is 37.1 Å². The molecule has 18 heavy (non-hydrogen) atoms. The Balaban J connectivity index is 2.11.